The second-order valence-corrected chi connectivity index (χ2v) is 13.7. The number of methoxy groups -OCH3 is 1. The highest BCUT2D eigenvalue weighted by molar-refractivity contribution is 5.98. The van der Waals surface area contributed by atoms with E-state index in [1.165, 1.54) is 19.6 Å². The first kappa shape index (κ1) is 30.3. The summed E-state index contributed by atoms with van der Waals surface area (Å²) in [5.74, 6) is -3.87. The Hall–Kier alpha value is -3.76. The van der Waals surface area contributed by atoms with E-state index in [1.807, 2.05) is 6.92 Å². The fourth-order valence-electron chi connectivity index (χ4n) is 9.14. The Morgan fingerprint density at radius 1 is 1.07 bits per heavy atom. The van der Waals surface area contributed by atoms with Crippen LogP contribution in [0.2, 0.25) is 0 Å². The minimum atomic E-state index is -2.21. The average molecular weight is 607 g/mol. The molecule has 10 heteroatoms. The number of rotatable bonds is 5. The number of aliphatic hydroxyl groups excluding tert-OH is 1. The summed E-state index contributed by atoms with van der Waals surface area (Å²) in [6.45, 7) is 7.25. The number of carbonyl (C=O) groups excluding carboxylic acids is 4. The largest absolute Gasteiger partial charge is 0.472 e. The molecule has 4 aliphatic rings. The van der Waals surface area contributed by atoms with E-state index in [4.69, 9.17) is 18.6 Å². The van der Waals surface area contributed by atoms with E-state index in [2.05, 4.69) is 0 Å². The lowest BCUT2D eigenvalue weighted by molar-refractivity contribution is -0.227. The number of hydrogen-bond acceptors (Lipinski definition) is 10. The molecule has 2 aromatic rings. The average Bonchev–Trinajstić information content (AvgIpc) is 3.53. The van der Waals surface area contributed by atoms with Gasteiger partial charge in [-0.1, -0.05) is 51.5 Å². The summed E-state index contributed by atoms with van der Waals surface area (Å²) < 4.78 is 22.2. The zero-order valence-corrected chi connectivity index (χ0v) is 25.5. The molecule has 3 fully saturated rings. The summed E-state index contributed by atoms with van der Waals surface area (Å²) in [4.78, 5) is 54.2. The molecule has 1 aromatic heterocycles. The van der Waals surface area contributed by atoms with Gasteiger partial charge < -0.3 is 28.8 Å². The molecular weight excluding hydrogens is 568 g/mol. The maximum absolute atomic E-state index is 14.7. The topological polar surface area (TPSA) is 150 Å². The third kappa shape index (κ3) is 4.06. The quantitative estimate of drug-likeness (QED) is 0.289. The molecule has 2 N–H and O–H groups in total. The van der Waals surface area contributed by atoms with Crippen LogP contribution in [0.1, 0.15) is 75.4 Å². The van der Waals surface area contributed by atoms with E-state index in [1.54, 1.807) is 57.2 Å². The number of ketones is 1. The highest BCUT2D eigenvalue weighted by Gasteiger charge is 2.74. The summed E-state index contributed by atoms with van der Waals surface area (Å²) >= 11 is 0. The van der Waals surface area contributed by atoms with Crippen LogP contribution < -0.4 is 0 Å². The summed E-state index contributed by atoms with van der Waals surface area (Å²) in [6, 6.07) is 9.97. The van der Waals surface area contributed by atoms with Crippen molar-refractivity contribution < 1.29 is 48.0 Å². The van der Waals surface area contributed by atoms with Crippen LogP contribution in [0, 0.1) is 28.1 Å². The molecule has 0 spiro atoms. The lowest BCUT2D eigenvalue weighted by Crippen LogP contribution is -2.75. The minimum absolute atomic E-state index is 0.167. The first-order valence-electron chi connectivity index (χ1n) is 15.0. The monoisotopic (exact) mass is 606 g/mol. The van der Waals surface area contributed by atoms with Gasteiger partial charge in [-0.15, -0.1) is 0 Å². The van der Waals surface area contributed by atoms with Crippen LogP contribution >= 0.6 is 0 Å². The first-order chi connectivity index (χ1) is 20.7. The van der Waals surface area contributed by atoms with E-state index in [9.17, 15) is 29.4 Å². The van der Waals surface area contributed by atoms with Crippen LogP contribution in [0.4, 0.5) is 0 Å². The number of fused-ring (bicyclic) bond motifs is 5. The van der Waals surface area contributed by atoms with Gasteiger partial charge in [0.1, 0.15) is 12.2 Å². The molecule has 10 nitrogen and oxygen atoms in total. The van der Waals surface area contributed by atoms with E-state index < -0.39 is 75.7 Å². The van der Waals surface area contributed by atoms with E-state index in [0.29, 0.717) is 29.6 Å². The zero-order chi connectivity index (χ0) is 31.8. The van der Waals surface area contributed by atoms with Crippen molar-refractivity contribution in [3.8, 4) is 0 Å². The molecule has 6 rings (SSSR count). The Morgan fingerprint density at radius 3 is 2.41 bits per heavy atom. The Labute approximate surface area is 255 Å². The number of cyclic esters (lactones) is 1. The molecular formula is C34H38O10. The van der Waals surface area contributed by atoms with Gasteiger partial charge in [0, 0.05) is 34.7 Å². The van der Waals surface area contributed by atoms with Gasteiger partial charge >= 0.3 is 17.9 Å². The lowest BCUT2D eigenvalue weighted by Gasteiger charge is -2.65. The SMILES string of the molecule is COC(=O)C[C@H]1C(C)(C)[C@H](OC(=O)c2ccccc2)[C@]2(O)CC3=C4[C@@H](O)C(=O)O[C@@H](c5ccoc5)[C@]4(C)CC[C@@H]3[C@@]1(C)C2=O. The van der Waals surface area contributed by atoms with Crippen molar-refractivity contribution in [1.82, 2.24) is 0 Å². The van der Waals surface area contributed by atoms with Crippen LogP contribution in [-0.2, 0) is 28.6 Å². The van der Waals surface area contributed by atoms with Crippen molar-refractivity contribution in [2.45, 2.75) is 77.3 Å². The van der Waals surface area contributed by atoms with Crippen molar-refractivity contribution in [2.75, 3.05) is 7.11 Å². The molecule has 2 bridgehead atoms. The highest BCUT2D eigenvalue weighted by atomic mass is 16.6. The van der Waals surface area contributed by atoms with Crippen molar-refractivity contribution in [3.05, 3.63) is 71.2 Å². The number of aliphatic hydroxyl groups is 2. The van der Waals surface area contributed by atoms with Crippen molar-refractivity contribution in [3.63, 3.8) is 0 Å². The second-order valence-electron chi connectivity index (χ2n) is 13.7. The lowest BCUT2D eigenvalue weighted by atomic mass is 9.39. The smallest absolute Gasteiger partial charge is 0.339 e. The molecule has 44 heavy (non-hydrogen) atoms. The van der Waals surface area contributed by atoms with Gasteiger partial charge in [-0.05, 0) is 48.4 Å². The number of esters is 3. The number of hydrogen-bond donors (Lipinski definition) is 2. The molecule has 8 atom stereocenters. The molecule has 1 saturated heterocycles. The molecule has 0 amide bonds. The second kappa shape index (κ2) is 10.1. The fourth-order valence-corrected chi connectivity index (χ4v) is 9.14. The Bertz CT molecular complexity index is 1540. The van der Waals surface area contributed by atoms with E-state index in [0.717, 1.165) is 0 Å². The van der Waals surface area contributed by atoms with Gasteiger partial charge in [-0.2, -0.15) is 0 Å². The molecule has 2 saturated carbocycles. The highest BCUT2D eigenvalue weighted by Crippen LogP contribution is 2.69. The first-order valence-corrected chi connectivity index (χ1v) is 15.0. The third-order valence-corrected chi connectivity index (χ3v) is 11.1. The summed E-state index contributed by atoms with van der Waals surface area (Å²) in [5, 5.41) is 24.0. The van der Waals surface area contributed by atoms with Crippen LogP contribution in [0.25, 0.3) is 0 Å². The van der Waals surface area contributed by atoms with Gasteiger partial charge in [0.2, 0.25) is 0 Å². The van der Waals surface area contributed by atoms with Crippen molar-refractivity contribution in [1.29, 1.82) is 0 Å². The Balaban J connectivity index is 1.56. The predicted octanol–water partition coefficient (Wildman–Crippen LogP) is 4.11. The van der Waals surface area contributed by atoms with Gasteiger partial charge in [0.25, 0.3) is 0 Å². The summed E-state index contributed by atoms with van der Waals surface area (Å²) in [7, 11) is 1.27. The predicted molar refractivity (Wildman–Crippen MR) is 154 cm³/mol. The van der Waals surface area contributed by atoms with E-state index in [-0.39, 0.29) is 18.4 Å². The summed E-state index contributed by atoms with van der Waals surface area (Å²) in [5.41, 5.74) is -3.66. The van der Waals surface area contributed by atoms with E-state index >= 15 is 0 Å². The Kier molecular flexibility index (Phi) is 6.97. The maximum Gasteiger partial charge on any atom is 0.339 e. The molecule has 0 radical (unpaired) electrons. The van der Waals surface area contributed by atoms with Gasteiger partial charge in [0.15, 0.2) is 17.5 Å². The van der Waals surface area contributed by atoms with Crippen LogP contribution in [0.3, 0.4) is 0 Å². The van der Waals surface area contributed by atoms with Crippen LogP contribution in [0.5, 0.6) is 0 Å². The molecule has 0 unspecified atom stereocenters. The number of carbonyl (C=O) groups is 4. The standard InChI is InChI=1S/C34H38O10/c1-31(2)22(15-23(35)41-5)33(4)21-11-13-32(3)24(25(36)28(38)43-26(32)19-12-14-42-17-19)20(21)16-34(40,29(33)39)30(31)44-27(37)18-9-7-6-8-10-18/h6-10,12,14,17,21-22,25-26,30,36,40H,11,13,15-16H2,1-5H3/t21-,22-,25+,26-,30-,32+,33+,34-/m0/s1. The molecule has 2 heterocycles. The number of ether oxygens (including phenoxy) is 3. The van der Waals surface area contributed by atoms with Crippen LogP contribution in [-0.4, -0.2) is 58.8 Å². The maximum atomic E-state index is 14.7. The number of Topliss-reactive ketones (excluding diaryl/α,β-unsaturated/α-hetero) is 1. The number of furan rings is 1. The van der Waals surface area contributed by atoms with Crippen molar-refractivity contribution >= 4 is 23.7 Å². The third-order valence-electron chi connectivity index (χ3n) is 11.1. The summed E-state index contributed by atoms with van der Waals surface area (Å²) in [6.07, 6.45) is -0.275. The molecule has 1 aromatic carbocycles. The molecule has 1 aliphatic heterocycles. The minimum Gasteiger partial charge on any atom is -0.472 e. The molecule has 234 valence electrons. The molecule has 3 aliphatic carbocycles. The van der Waals surface area contributed by atoms with Crippen molar-refractivity contribution in [2.24, 2.45) is 28.1 Å². The zero-order valence-electron chi connectivity index (χ0n) is 25.5. The Morgan fingerprint density at radius 2 is 1.77 bits per heavy atom. The normalized spacial score (nSPS) is 37.4. The number of benzene rings is 1. The van der Waals surface area contributed by atoms with Crippen LogP contribution in [0.15, 0.2) is 64.5 Å². The van der Waals surface area contributed by atoms with Gasteiger partial charge in [0.05, 0.1) is 25.2 Å². The van der Waals surface area contributed by atoms with Gasteiger partial charge in [-0.3, -0.25) is 9.59 Å². The fraction of sp³-hybridized carbons (Fsp3) is 0.529. The van der Waals surface area contributed by atoms with Gasteiger partial charge in [-0.25, -0.2) is 9.59 Å².